The van der Waals surface area contributed by atoms with Crippen molar-refractivity contribution < 1.29 is 23.8 Å². The highest BCUT2D eigenvalue weighted by Crippen LogP contribution is 2.25. The highest BCUT2D eigenvalue weighted by molar-refractivity contribution is 5.93. The minimum atomic E-state index is -0.390. The van der Waals surface area contributed by atoms with Gasteiger partial charge < -0.3 is 14.2 Å². The molecule has 1 heterocycles. The van der Waals surface area contributed by atoms with Gasteiger partial charge >= 0.3 is 5.97 Å². The number of benzene rings is 1. The van der Waals surface area contributed by atoms with Gasteiger partial charge in [0.15, 0.2) is 5.78 Å². The lowest BCUT2D eigenvalue weighted by Crippen LogP contribution is -2.31. The van der Waals surface area contributed by atoms with Crippen molar-refractivity contribution in [3.8, 4) is 0 Å². The first kappa shape index (κ1) is 23.0. The second-order valence-corrected chi connectivity index (χ2v) is 7.62. The summed E-state index contributed by atoms with van der Waals surface area (Å²) in [5.74, 6) is -0.126. The minimum Gasteiger partial charge on any atom is -0.458 e. The number of allylic oxidation sites excluding steroid dienone is 3. The van der Waals surface area contributed by atoms with Gasteiger partial charge in [-0.15, -0.1) is 0 Å². The molecule has 29 heavy (non-hydrogen) atoms. The quantitative estimate of drug-likeness (QED) is 0.303. The van der Waals surface area contributed by atoms with Gasteiger partial charge in [-0.2, -0.15) is 0 Å². The Morgan fingerprint density at radius 3 is 2.83 bits per heavy atom. The van der Waals surface area contributed by atoms with Crippen LogP contribution in [0.25, 0.3) is 0 Å². The van der Waals surface area contributed by atoms with Crippen LogP contribution in [0, 0.1) is 12.8 Å². The first-order chi connectivity index (χ1) is 13.9. The van der Waals surface area contributed by atoms with Crippen molar-refractivity contribution in [1.82, 2.24) is 0 Å². The molecule has 0 amide bonds. The number of ether oxygens (including phenoxy) is 3. The van der Waals surface area contributed by atoms with Crippen LogP contribution in [-0.4, -0.2) is 37.9 Å². The standard InChI is InChI=1S/C24H32O5/c1-17-9-5-6-12-20-13-7-10-18(2)23(20)24(26)29-21(14-8-11-19(3)25)15-22(17)28-16-27-4/h5-8,10-11,13,17,21-22H,9,12,14-16H2,1-4H3/b6-5+,11-8+/t17-,21?,22+/m0/s1. The zero-order valence-electron chi connectivity index (χ0n) is 17.9. The fraction of sp³-hybridized carbons (Fsp3) is 0.500. The van der Waals surface area contributed by atoms with Crippen LogP contribution in [0.2, 0.25) is 0 Å². The van der Waals surface area contributed by atoms with Crippen LogP contribution < -0.4 is 0 Å². The second kappa shape index (κ2) is 11.7. The molecule has 0 aliphatic carbocycles. The highest BCUT2D eigenvalue weighted by Gasteiger charge is 2.26. The van der Waals surface area contributed by atoms with Gasteiger partial charge in [0.25, 0.3) is 0 Å². The number of methoxy groups -OCH3 is 1. The van der Waals surface area contributed by atoms with Crippen LogP contribution >= 0.6 is 0 Å². The van der Waals surface area contributed by atoms with Crippen molar-refractivity contribution in [2.24, 2.45) is 5.92 Å². The molecule has 0 spiro atoms. The van der Waals surface area contributed by atoms with Gasteiger partial charge in [0.05, 0.1) is 11.7 Å². The summed E-state index contributed by atoms with van der Waals surface area (Å²) < 4.78 is 16.9. The summed E-state index contributed by atoms with van der Waals surface area (Å²) in [6.07, 6.45) is 9.55. The molecule has 1 unspecified atom stereocenters. The van der Waals surface area contributed by atoms with Crippen LogP contribution in [0.5, 0.6) is 0 Å². The number of ketones is 1. The Labute approximate surface area is 173 Å². The number of fused-ring (bicyclic) bond motifs is 1. The number of rotatable bonds is 6. The van der Waals surface area contributed by atoms with Crippen LogP contribution in [-0.2, 0) is 25.4 Å². The molecular weight excluding hydrogens is 368 g/mol. The van der Waals surface area contributed by atoms with E-state index in [4.69, 9.17) is 14.2 Å². The fourth-order valence-corrected chi connectivity index (χ4v) is 3.53. The summed E-state index contributed by atoms with van der Waals surface area (Å²) in [5, 5.41) is 0. The molecule has 0 radical (unpaired) electrons. The predicted molar refractivity (Wildman–Crippen MR) is 113 cm³/mol. The molecule has 0 saturated carbocycles. The monoisotopic (exact) mass is 400 g/mol. The maximum atomic E-state index is 13.0. The lowest BCUT2D eigenvalue weighted by Gasteiger charge is -2.28. The number of carbonyl (C=O) groups is 2. The Bertz CT molecular complexity index is 750. The smallest absolute Gasteiger partial charge is 0.338 e. The second-order valence-electron chi connectivity index (χ2n) is 7.62. The highest BCUT2D eigenvalue weighted by atomic mass is 16.7. The molecule has 0 fully saturated rings. The lowest BCUT2D eigenvalue weighted by molar-refractivity contribution is -0.112. The van der Waals surface area contributed by atoms with E-state index in [1.807, 2.05) is 25.1 Å². The first-order valence-corrected chi connectivity index (χ1v) is 10.1. The van der Waals surface area contributed by atoms with Crippen molar-refractivity contribution >= 4 is 11.8 Å². The summed E-state index contributed by atoms with van der Waals surface area (Å²) in [7, 11) is 1.59. The Kier molecular flexibility index (Phi) is 9.29. The van der Waals surface area contributed by atoms with Crippen LogP contribution in [0.4, 0.5) is 0 Å². The Balaban J connectivity index is 2.34. The molecule has 0 bridgehead atoms. The van der Waals surface area contributed by atoms with Crippen molar-refractivity contribution in [3.63, 3.8) is 0 Å². The minimum absolute atomic E-state index is 0.0311. The van der Waals surface area contributed by atoms with E-state index in [0.29, 0.717) is 24.8 Å². The number of hydrogen-bond donors (Lipinski definition) is 0. The zero-order chi connectivity index (χ0) is 21.2. The van der Waals surface area contributed by atoms with Crippen molar-refractivity contribution in [3.05, 3.63) is 59.2 Å². The van der Waals surface area contributed by atoms with E-state index in [2.05, 4.69) is 19.1 Å². The molecule has 5 nitrogen and oxygen atoms in total. The molecule has 1 aromatic rings. The van der Waals surface area contributed by atoms with Gasteiger partial charge in [0, 0.05) is 20.0 Å². The number of carbonyl (C=O) groups excluding carboxylic acids is 2. The van der Waals surface area contributed by atoms with Crippen LogP contribution in [0.3, 0.4) is 0 Å². The normalized spacial score (nSPS) is 24.3. The van der Waals surface area contributed by atoms with Crippen LogP contribution in [0.15, 0.2) is 42.5 Å². The predicted octanol–water partition coefficient (Wildman–Crippen LogP) is 4.57. The van der Waals surface area contributed by atoms with Gasteiger partial charge in [0.1, 0.15) is 12.9 Å². The zero-order valence-corrected chi connectivity index (χ0v) is 17.9. The molecule has 1 aliphatic heterocycles. The Morgan fingerprint density at radius 1 is 1.31 bits per heavy atom. The summed E-state index contributed by atoms with van der Waals surface area (Å²) in [4.78, 5) is 24.3. The third-order valence-electron chi connectivity index (χ3n) is 5.13. The Hall–Kier alpha value is -2.24. The molecule has 1 aromatic carbocycles. The molecule has 0 aromatic heterocycles. The SMILES string of the molecule is COCO[C@@H]1CC(C/C=C/C(C)=O)OC(=O)c2c(C)cccc2C/C=C/C[C@@H]1C. The third kappa shape index (κ3) is 7.26. The van der Waals surface area contributed by atoms with Crippen molar-refractivity contribution in [2.45, 2.75) is 58.7 Å². The number of hydrogen-bond acceptors (Lipinski definition) is 5. The van der Waals surface area contributed by atoms with E-state index in [1.54, 1.807) is 13.2 Å². The van der Waals surface area contributed by atoms with Gasteiger partial charge in [-0.1, -0.05) is 43.4 Å². The lowest BCUT2D eigenvalue weighted by atomic mass is 9.93. The number of aryl methyl sites for hydroxylation is 1. The number of cyclic esters (lactones) is 1. The van der Waals surface area contributed by atoms with E-state index in [-0.39, 0.29) is 30.6 Å². The summed E-state index contributed by atoms with van der Waals surface area (Å²) in [6.45, 7) is 5.73. The van der Waals surface area contributed by atoms with E-state index >= 15 is 0 Å². The first-order valence-electron chi connectivity index (χ1n) is 10.1. The van der Waals surface area contributed by atoms with Gasteiger partial charge in [0.2, 0.25) is 0 Å². The third-order valence-corrected chi connectivity index (χ3v) is 5.13. The average Bonchev–Trinajstić information content (AvgIpc) is 2.66. The molecule has 0 saturated heterocycles. The number of esters is 1. The van der Waals surface area contributed by atoms with Gasteiger partial charge in [-0.3, -0.25) is 4.79 Å². The van der Waals surface area contributed by atoms with Crippen molar-refractivity contribution in [2.75, 3.05) is 13.9 Å². The topological polar surface area (TPSA) is 61.8 Å². The van der Waals surface area contributed by atoms with Gasteiger partial charge in [-0.25, -0.2) is 4.79 Å². The largest absolute Gasteiger partial charge is 0.458 e. The van der Waals surface area contributed by atoms with E-state index in [1.165, 1.54) is 13.0 Å². The van der Waals surface area contributed by atoms with Crippen molar-refractivity contribution in [1.29, 1.82) is 0 Å². The average molecular weight is 401 g/mol. The Morgan fingerprint density at radius 2 is 2.10 bits per heavy atom. The van der Waals surface area contributed by atoms with Gasteiger partial charge in [-0.05, 0) is 49.8 Å². The molecule has 1 aliphatic rings. The molecule has 3 atom stereocenters. The summed E-state index contributed by atoms with van der Waals surface area (Å²) in [6, 6.07) is 5.86. The molecule has 2 rings (SSSR count). The fourth-order valence-electron chi connectivity index (χ4n) is 3.53. The maximum absolute atomic E-state index is 13.0. The summed E-state index contributed by atoms with van der Waals surface area (Å²) >= 11 is 0. The molecular formula is C24H32O5. The van der Waals surface area contributed by atoms with E-state index in [0.717, 1.165) is 17.5 Å². The van der Waals surface area contributed by atoms with Crippen LogP contribution in [0.1, 0.15) is 54.6 Å². The van der Waals surface area contributed by atoms with E-state index in [9.17, 15) is 9.59 Å². The maximum Gasteiger partial charge on any atom is 0.338 e. The van der Waals surface area contributed by atoms with E-state index < -0.39 is 6.10 Å². The molecule has 158 valence electrons. The molecule has 5 heteroatoms. The molecule has 0 N–H and O–H groups in total. The summed E-state index contributed by atoms with van der Waals surface area (Å²) in [5.41, 5.74) is 2.49.